The quantitative estimate of drug-likeness (QED) is 0.0427. The number of esters is 2. The van der Waals surface area contributed by atoms with Gasteiger partial charge >= 0.3 is 11.9 Å². The zero-order valence-electron chi connectivity index (χ0n) is 66.1. The normalized spacial score (nSPS) is 44.5. The lowest BCUT2D eigenvalue weighted by atomic mass is 9.85. The van der Waals surface area contributed by atoms with Crippen molar-refractivity contribution in [2.45, 2.75) is 289 Å². The van der Waals surface area contributed by atoms with Crippen LogP contribution >= 0.6 is 23.2 Å². The summed E-state index contributed by atoms with van der Waals surface area (Å²) in [6, 6.07) is 2.32. The van der Waals surface area contributed by atoms with Crippen molar-refractivity contribution in [3.05, 3.63) is 54.5 Å². The van der Waals surface area contributed by atoms with Gasteiger partial charge in [0.2, 0.25) is 6.29 Å². The summed E-state index contributed by atoms with van der Waals surface area (Å²) in [5.41, 5.74) is -3.28. The molecule has 648 valence electrons. The molecule has 2 spiro atoms. The number of phenolic OH excluding ortho intramolecular Hbond substituents is 3. The van der Waals surface area contributed by atoms with Crippen LogP contribution in [0.1, 0.15) is 106 Å². The fourth-order valence-corrected chi connectivity index (χ4v) is 18.6. The van der Waals surface area contributed by atoms with E-state index in [1.54, 1.807) is 41.5 Å². The summed E-state index contributed by atoms with van der Waals surface area (Å²) in [6.45, 7) is 13.6. The lowest BCUT2D eigenvalue weighted by molar-refractivity contribution is -0.595. The molecule has 0 aromatic heterocycles. The van der Waals surface area contributed by atoms with Gasteiger partial charge < -0.3 is 159 Å². The van der Waals surface area contributed by atoms with E-state index >= 15 is 0 Å². The van der Waals surface area contributed by atoms with Crippen LogP contribution in [0.2, 0.25) is 10.0 Å². The number of rotatable bonds is 25. The number of ether oxygens (including phenoxy) is 27. The van der Waals surface area contributed by atoms with Gasteiger partial charge in [0.1, 0.15) is 119 Å². The maximum absolute atomic E-state index is 14.3. The van der Waals surface area contributed by atoms with Crippen molar-refractivity contribution in [3.8, 4) is 23.0 Å². The number of fused-ring (bicyclic) bond motifs is 3. The van der Waals surface area contributed by atoms with Crippen LogP contribution in [0.15, 0.2) is 12.1 Å². The Labute approximate surface area is 671 Å². The summed E-state index contributed by atoms with van der Waals surface area (Å²) >= 11 is 12.8. The SMILES string of the molecule is COC[C@H]1O[C@@H](O[C@@H]2OC[C@@H]3OC4(C[C@@H]5COC[C@H]5[C@H](OC(=O)c5c(C)cc(O)cc5O)O4)O[C@H]3[C@H]2OCCO)[C@@H](OC)[C@@H](O)[C@@H]1O[C@@H]1O[C@H](C)[C@H](OC)[C@H](O[C@@H]2O[C@H](C)[C@H]3OC4(C[C@@H](O)[C@H](O[C@H]5C[C@@H](O[C@H]6C[C@](C)([N+](=O)[O-])[C@@H](OC)[C@H](C)O6)[C@H](OC(=O)c6c(C)c(Cl)c(O)c(Cl)c6OC)[C@@H](C)O5)[C@@H](C)O4)O[C@]3(C)[C@@H]2OC)[C@H]1O. The molecule has 2 unspecified atom stereocenters. The predicted octanol–water partition coefficient (Wildman–Crippen LogP) is 2.80. The van der Waals surface area contributed by atoms with Crippen LogP contribution in [0, 0.1) is 35.8 Å². The maximum atomic E-state index is 14.3. The summed E-state index contributed by atoms with van der Waals surface area (Å²) in [5.74, 6) is -8.05. The van der Waals surface area contributed by atoms with E-state index in [1.165, 1.54) is 69.5 Å². The van der Waals surface area contributed by atoms with E-state index in [0.29, 0.717) is 0 Å². The lowest BCUT2D eigenvalue weighted by Gasteiger charge is -2.51. The number of methoxy groups -OCH3 is 6. The Morgan fingerprint density at radius 3 is 1.98 bits per heavy atom. The van der Waals surface area contributed by atoms with E-state index in [1.807, 2.05) is 0 Å². The molecule has 11 saturated heterocycles. The smallest absolute Gasteiger partial charge is 0.344 e. The van der Waals surface area contributed by atoms with Crippen LogP contribution < -0.4 is 4.74 Å². The number of halogens is 2. The highest BCUT2D eigenvalue weighted by atomic mass is 35.5. The fourth-order valence-electron chi connectivity index (χ4n) is 18.1. The number of aromatic hydroxyl groups is 3. The monoisotopic (exact) mass is 1690 g/mol. The minimum Gasteiger partial charge on any atom is -0.508 e. The van der Waals surface area contributed by atoms with Crippen LogP contribution in [0.25, 0.3) is 0 Å². The minimum absolute atomic E-state index is 0.0780. The molecule has 0 saturated carbocycles. The topological polar surface area (TPSA) is 468 Å². The molecule has 35 atom stereocenters. The highest BCUT2D eigenvalue weighted by Crippen LogP contribution is 2.54. The average molecular weight is 1690 g/mol. The van der Waals surface area contributed by atoms with E-state index in [4.69, 9.17) is 151 Å². The van der Waals surface area contributed by atoms with Crippen molar-refractivity contribution < 1.29 is 178 Å². The van der Waals surface area contributed by atoms with Gasteiger partial charge in [-0.15, -0.1) is 0 Å². The second-order valence-corrected chi connectivity index (χ2v) is 32.0. The Bertz CT molecular complexity index is 3710. The molecule has 0 bridgehead atoms. The molecular weight excluding hydrogens is 1580 g/mol. The molecule has 0 amide bonds. The minimum atomic E-state index is -1.99. The van der Waals surface area contributed by atoms with Crippen molar-refractivity contribution in [2.75, 3.05) is 82.3 Å². The number of nitrogens with zero attached hydrogens (tertiary/aromatic N) is 1. The summed E-state index contributed by atoms with van der Waals surface area (Å²) in [6.07, 6.45) is -36.2. The third-order valence-corrected chi connectivity index (χ3v) is 24.3. The van der Waals surface area contributed by atoms with Gasteiger partial charge in [-0.1, -0.05) is 23.2 Å². The van der Waals surface area contributed by atoms with Gasteiger partial charge in [0.05, 0.1) is 107 Å². The average Bonchev–Trinajstić information content (AvgIpc) is 1.56. The van der Waals surface area contributed by atoms with Crippen LogP contribution in [-0.2, 0) is 123 Å². The molecule has 115 heavy (non-hydrogen) atoms. The number of aliphatic hydroxyl groups excluding tert-OH is 4. The molecule has 2 aromatic carbocycles. The number of aryl methyl sites for hydroxylation is 1. The second-order valence-electron chi connectivity index (χ2n) is 31.2. The third kappa shape index (κ3) is 16.9. The molecule has 0 aliphatic carbocycles. The molecule has 2 aromatic rings. The van der Waals surface area contributed by atoms with Crippen LogP contribution in [0.5, 0.6) is 23.0 Å². The van der Waals surface area contributed by atoms with E-state index in [0.717, 1.165) is 6.07 Å². The number of carbonyl (C=O) groups excluding carboxylic acids is 2. The lowest BCUT2D eigenvalue weighted by Crippen LogP contribution is -2.68. The molecule has 13 rings (SSSR count). The molecule has 11 aliphatic heterocycles. The van der Waals surface area contributed by atoms with Crippen LogP contribution in [0.4, 0.5) is 0 Å². The maximum Gasteiger partial charge on any atom is 0.344 e. The number of aliphatic hydroxyl groups is 4. The fraction of sp³-hybridized carbons (Fsp3) is 0.811. The Balaban J connectivity index is 0.666. The molecule has 39 nitrogen and oxygen atoms in total. The van der Waals surface area contributed by atoms with E-state index in [-0.39, 0.29) is 108 Å². The van der Waals surface area contributed by atoms with Gasteiger partial charge in [0.25, 0.3) is 17.5 Å². The zero-order valence-corrected chi connectivity index (χ0v) is 67.6. The van der Waals surface area contributed by atoms with Crippen LogP contribution in [-0.4, -0.2) is 336 Å². The Hall–Kier alpha value is -4.56. The van der Waals surface area contributed by atoms with Crippen molar-refractivity contribution in [3.63, 3.8) is 0 Å². The highest BCUT2D eigenvalue weighted by molar-refractivity contribution is 6.39. The van der Waals surface area contributed by atoms with E-state index in [2.05, 4.69) is 0 Å². The van der Waals surface area contributed by atoms with Gasteiger partial charge in [-0.25, -0.2) is 9.59 Å². The zero-order chi connectivity index (χ0) is 83.0. The number of hydrogen-bond acceptors (Lipinski definition) is 38. The van der Waals surface area contributed by atoms with Crippen LogP contribution in [0.3, 0.4) is 0 Å². The molecule has 11 heterocycles. The number of phenols is 3. The van der Waals surface area contributed by atoms with Gasteiger partial charge in [-0.3, -0.25) is 14.9 Å². The first-order chi connectivity index (χ1) is 54.6. The molecule has 0 radical (unpaired) electrons. The summed E-state index contributed by atoms with van der Waals surface area (Å²) in [5, 5.41) is 90.8. The summed E-state index contributed by atoms with van der Waals surface area (Å²) in [4.78, 5) is 40.3. The molecule has 41 heteroatoms. The van der Waals surface area contributed by atoms with Gasteiger partial charge in [0, 0.05) is 72.2 Å². The highest BCUT2D eigenvalue weighted by Gasteiger charge is 2.70. The van der Waals surface area contributed by atoms with Gasteiger partial charge in [0.15, 0.2) is 61.4 Å². The van der Waals surface area contributed by atoms with E-state index in [9.17, 15) is 55.4 Å². The molecule has 7 N–H and O–H groups in total. The third-order valence-electron chi connectivity index (χ3n) is 23.5. The Kier molecular flexibility index (Phi) is 27.2. The summed E-state index contributed by atoms with van der Waals surface area (Å²) in [7, 11) is 8.05. The predicted molar refractivity (Wildman–Crippen MR) is 381 cm³/mol. The van der Waals surface area contributed by atoms with Gasteiger partial charge in [-0.05, 0) is 72.6 Å². The van der Waals surface area contributed by atoms with Crippen molar-refractivity contribution >= 4 is 35.1 Å². The molecule has 11 fully saturated rings. The van der Waals surface area contributed by atoms with Gasteiger partial charge in [-0.2, -0.15) is 0 Å². The Morgan fingerprint density at radius 1 is 0.617 bits per heavy atom. The largest absolute Gasteiger partial charge is 0.508 e. The Morgan fingerprint density at radius 2 is 1.31 bits per heavy atom. The molecule has 11 aliphatic rings. The number of hydrogen-bond donors (Lipinski definition) is 7. The number of nitro groups is 1. The number of benzene rings is 2. The first kappa shape index (κ1) is 88.2. The van der Waals surface area contributed by atoms with E-state index < -0.39 is 242 Å². The second kappa shape index (κ2) is 35.5. The first-order valence-electron chi connectivity index (χ1n) is 38.2. The van der Waals surface area contributed by atoms with Crippen molar-refractivity contribution in [1.29, 1.82) is 0 Å². The number of carbonyl (C=O) groups is 2. The summed E-state index contributed by atoms with van der Waals surface area (Å²) < 4.78 is 170. The van der Waals surface area contributed by atoms with Crippen molar-refractivity contribution in [2.24, 2.45) is 11.8 Å². The van der Waals surface area contributed by atoms with Crippen molar-refractivity contribution in [1.82, 2.24) is 0 Å². The standard InChI is InChI=1S/C74H105Cl2NO38/c1-28-18-36(79)19-38(80)45(28)64(85)108-66-37-25-95-24-35(37)21-73(114-66)111-42-27-97-68(60(56(42)112-73)96-17-16-78)109-69-59(92-13)50(83)55(41(103-69)26-89-10)106-67-51(84)58(54(90-11)31(4)100-67)107-70-63(94-15)72(9)62(34(7)101-70)113-74(115-72)22-39(81)52(32(5)110-74)104-43-20-40(102-44-23-71(8,77(87)88)61(93-14)33(6)99-44)53(30(3)98-43)105-65(86)46-29(2)47(75)49(82)48(76)57(46)91-12/h18-19,30-35,37,39-44,50-56,58-63,66-70,78-84H,16-17,20-27H2,1-15H3/t30-,31-,32-,33+,34-,35-,37-,39-,40-,41-,42+,43+,44+,50+,51-,52-,53-,54+,55-,56-,58-,59+,60-,61+,62-,63-,66-,67+,68+,69+,70+,71+,72+,73?,74?/m1/s1. The first-order valence-corrected chi connectivity index (χ1v) is 38.9. The molecular formula is C74H105Cl2NO38.